The summed E-state index contributed by atoms with van der Waals surface area (Å²) in [5, 5.41) is 4.25. The maximum atomic E-state index is 13.5. The Kier molecular flexibility index (Phi) is 7.83. The molecule has 0 aliphatic rings. The number of ether oxygens (including phenoxy) is 1. The van der Waals surface area contributed by atoms with E-state index in [0.717, 1.165) is 42.3 Å². The molecule has 0 saturated carbocycles. The van der Waals surface area contributed by atoms with Crippen molar-refractivity contribution in [1.82, 2.24) is 14.7 Å². The molecule has 0 unspecified atom stereocenters. The summed E-state index contributed by atoms with van der Waals surface area (Å²) < 4.78 is 33.6. The molecule has 0 bridgehead atoms. The van der Waals surface area contributed by atoms with Gasteiger partial charge in [0.25, 0.3) is 5.56 Å². The predicted octanol–water partition coefficient (Wildman–Crippen LogP) is 3.27. The molecule has 0 amide bonds. The molecule has 3 aromatic rings. The van der Waals surface area contributed by atoms with Crippen molar-refractivity contribution in [2.45, 2.75) is 19.4 Å². The lowest BCUT2D eigenvalue weighted by Crippen LogP contribution is -2.23. The van der Waals surface area contributed by atoms with Crippen LogP contribution in [-0.2, 0) is 22.5 Å². The van der Waals surface area contributed by atoms with Crippen LogP contribution >= 0.6 is 0 Å². The Labute approximate surface area is 185 Å². The normalized spacial score (nSPS) is 11.0. The summed E-state index contributed by atoms with van der Waals surface area (Å²) in [6, 6.07) is 13.1. The number of hydrogen-bond acceptors (Lipinski definition) is 5. The first-order valence-corrected chi connectivity index (χ1v) is 10.2. The molecular weight excluding hydrogens is 416 g/mol. The zero-order valence-electron chi connectivity index (χ0n) is 18.1. The molecular formula is C24H25F2N3O3. The van der Waals surface area contributed by atoms with Gasteiger partial charge in [0.15, 0.2) is 0 Å². The Hall–Kier alpha value is -3.39. The van der Waals surface area contributed by atoms with Crippen LogP contribution in [0.2, 0.25) is 0 Å². The second-order valence-electron chi connectivity index (χ2n) is 7.75. The lowest BCUT2D eigenvalue weighted by molar-refractivity contribution is -0.143. The number of esters is 1. The SMILES string of the molecule is CN(C)CCCOC(=O)Cc1cccc(Cn2nc(-c3cc(F)cc(F)c3)ccc2=O)c1. The lowest BCUT2D eigenvalue weighted by Gasteiger charge is -2.10. The molecule has 0 spiro atoms. The second-order valence-corrected chi connectivity index (χ2v) is 7.75. The number of hydrogen-bond donors (Lipinski definition) is 0. The van der Waals surface area contributed by atoms with Crippen molar-refractivity contribution in [1.29, 1.82) is 0 Å². The molecule has 1 aromatic heterocycles. The molecule has 8 heteroatoms. The zero-order valence-corrected chi connectivity index (χ0v) is 18.1. The first-order chi connectivity index (χ1) is 15.3. The highest BCUT2D eigenvalue weighted by Crippen LogP contribution is 2.19. The van der Waals surface area contributed by atoms with E-state index in [9.17, 15) is 18.4 Å². The molecule has 32 heavy (non-hydrogen) atoms. The Balaban J connectivity index is 1.70. The molecule has 0 fully saturated rings. The van der Waals surface area contributed by atoms with E-state index in [0.29, 0.717) is 6.61 Å². The van der Waals surface area contributed by atoms with Gasteiger partial charge in [0, 0.05) is 24.2 Å². The van der Waals surface area contributed by atoms with Crippen molar-refractivity contribution >= 4 is 5.97 Å². The number of halogens is 2. The van der Waals surface area contributed by atoms with Gasteiger partial charge < -0.3 is 9.64 Å². The molecule has 0 radical (unpaired) electrons. The minimum Gasteiger partial charge on any atom is -0.465 e. The summed E-state index contributed by atoms with van der Waals surface area (Å²) in [6.07, 6.45) is 0.889. The quantitative estimate of drug-likeness (QED) is 0.377. The number of rotatable bonds is 9. The van der Waals surface area contributed by atoms with Gasteiger partial charge in [-0.2, -0.15) is 5.10 Å². The van der Waals surface area contributed by atoms with Crippen molar-refractivity contribution in [3.63, 3.8) is 0 Å². The van der Waals surface area contributed by atoms with E-state index in [1.807, 2.05) is 37.2 Å². The van der Waals surface area contributed by atoms with E-state index >= 15 is 0 Å². The molecule has 0 N–H and O–H groups in total. The van der Waals surface area contributed by atoms with Crippen LogP contribution in [0.4, 0.5) is 8.78 Å². The van der Waals surface area contributed by atoms with Crippen LogP contribution in [0.15, 0.2) is 59.4 Å². The fourth-order valence-corrected chi connectivity index (χ4v) is 3.21. The van der Waals surface area contributed by atoms with Gasteiger partial charge in [-0.05, 0) is 49.8 Å². The average molecular weight is 441 g/mol. The Bertz CT molecular complexity index is 1130. The van der Waals surface area contributed by atoms with Crippen molar-refractivity contribution < 1.29 is 18.3 Å². The second kappa shape index (κ2) is 10.8. The Morgan fingerprint density at radius 1 is 1.03 bits per heavy atom. The molecule has 2 aromatic carbocycles. The predicted molar refractivity (Wildman–Crippen MR) is 117 cm³/mol. The summed E-state index contributed by atoms with van der Waals surface area (Å²) in [6.45, 7) is 1.35. The van der Waals surface area contributed by atoms with Crippen LogP contribution in [0, 0.1) is 11.6 Å². The molecule has 0 saturated heterocycles. The highest BCUT2D eigenvalue weighted by Gasteiger charge is 2.09. The number of carbonyl (C=O) groups is 1. The van der Waals surface area contributed by atoms with Gasteiger partial charge in [-0.3, -0.25) is 9.59 Å². The number of aromatic nitrogens is 2. The maximum absolute atomic E-state index is 13.5. The highest BCUT2D eigenvalue weighted by atomic mass is 19.1. The summed E-state index contributed by atoms with van der Waals surface area (Å²) in [7, 11) is 3.92. The van der Waals surface area contributed by atoms with Gasteiger partial charge in [-0.15, -0.1) is 0 Å². The monoisotopic (exact) mass is 441 g/mol. The molecule has 0 aliphatic carbocycles. The summed E-state index contributed by atoms with van der Waals surface area (Å²) in [5.41, 5.74) is 1.69. The Morgan fingerprint density at radius 2 is 1.75 bits per heavy atom. The Morgan fingerprint density at radius 3 is 2.47 bits per heavy atom. The van der Waals surface area contributed by atoms with Crippen molar-refractivity contribution in [3.8, 4) is 11.3 Å². The van der Waals surface area contributed by atoms with Gasteiger partial charge >= 0.3 is 5.97 Å². The van der Waals surface area contributed by atoms with Crippen molar-refractivity contribution in [2.24, 2.45) is 0 Å². The van der Waals surface area contributed by atoms with E-state index in [4.69, 9.17) is 4.74 Å². The van der Waals surface area contributed by atoms with Crippen LogP contribution in [0.3, 0.4) is 0 Å². The molecule has 0 atom stereocenters. The van der Waals surface area contributed by atoms with E-state index < -0.39 is 11.6 Å². The van der Waals surface area contributed by atoms with Crippen LogP contribution in [0.1, 0.15) is 17.5 Å². The smallest absolute Gasteiger partial charge is 0.310 e. The fourth-order valence-electron chi connectivity index (χ4n) is 3.21. The number of benzene rings is 2. The van der Waals surface area contributed by atoms with Crippen LogP contribution in [0.5, 0.6) is 0 Å². The third-order valence-corrected chi connectivity index (χ3v) is 4.71. The van der Waals surface area contributed by atoms with Crippen LogP contribution in [0.25, 0.3) is 11.3 Å². The molecule has 0 aliphatic heterocycles. The van der Waals surface area contributed by atoms with Gasteiger partial charge in [0.2, 0.25) is 0 Å². The minimum absolute atomic E-state index is 0.126. The fraction of sp³-hybridized carbons (Fsp3) is 0.292. The van der Waals surface area contributed by atoms with Gasteiger partial charge in [-0.1, -0.05) is 24.3 Å². The molecule has 3 rings (SSSR count). The summed E-state index contributed by atoms with van der Waals surface area (Å²) in [4.78, 5) is 26.4. The molecule has 6 nitrogen and oxygen atoms in total. The maximum Gasteiger partial charge on any atom is 0.310 e. The molecule has 1 heterocycles. The van der Waals surface area contributed by atoms with Crippen LogP contribution < -0.4 is 5.56 Å². The highest BCUT2D eigenvalue weighted by molar-refractivity contribution is 5.72. The topological polar surface area (TPSA) is 64.4 Å². The lowest BCUT2D eigenvalue weighted by atomic mass is 10.1. The van der Waals surface area contributed by atoms with E-state index in [1.165, 1.54) is 16.8 Å². The van der Waals surface area contributed by atoms with E-state index in [2.05, 4.69) is 5.10 Å². The standard InChI is InChI=1S/C24H25F2N3O3/c1-28(2)9-4-10-32-24(31)12-17-5-3-6-18(11-17)16-29-23(30)8-7-22(27-29)19-13-20(25)15-21(26)14-19/h3,5-8,11,13-15H,4,9-10,12,16H2,1-2H3. The van der Waals surface area contributed by atoms with Gasteiger partial charge in [0.1, 0.15) is 11.6 Å². The molecule has 168 valence electrons. The average Bonchev–Trinajstić information content (AvgIpc) is 2.72. The summed E-state index contributed by atoms with van der Waals surface area (Å²) in [5.74, 6) is -1.76. The van der Waals surface area contributed by atoms with Gasteiger partial charge in [-0.25, -0.2) is 13.5 Å². The van der Waals surface area contributed by atoms with E-state index in [1.54, 1.807) is 6.07 Å². The third-order valence-electron chi connectivity index (χ3n) is 4.71. The van der Waals surface area contributed by atoms with E-state index in [-0.39, 0.29) is 35.8 Å². The van der Waals surface area contributed by atoms with Crippen molar-refractivity contribution in [3.05, 3.63) is 87.7 Å². The third kappa shape index (κ3) is 6.81. The van der Waals surface area contributed by atoms with Crippen molar-refractivity contribution in [2.75, 3.05) is 27.2 Å². The zero-order chi connectivity index (χ0) is 23.1. The minimum atomic E-state index is -0.721. The number of nitrogens with zero attached hydrogens (tertiary/aromatic N) is 3. The number of carbonyl (C=O) groups excluding carboxylic acids is 1. The summed E-state index contributed by atoms with van der Waals surface area (Å²) >= 11 is 0. The van der Waals surface area contributed by atoms with Crippen LogP contribution in [-0.4, -0.2) is 47.9 Å². The largest absolute Gasteiger partial charge is 0.465 e. The first-order valence-electron chi connectivity index (χ1n) is 10.2. The van der Waals surface area contributed by atoms with Gasteiger partial charge in [0.05, 0.1) is 25.3 Å². The first kappa shape index (κ1) is 23.3.